The van der Waals surface area contributed by atoms with Gasteiger partial charge in [-0.1, -0.05) is 0 Å². The molecule has 1 saturated heterocycles. The van der Waals surface area contributed by atoms with Gasteiger partial charge in [0.15, 0.2) is 5.96 Å². The van der Waals surface area contributed by atoms with Gasteiger partial charge in [0.2, 0.25) is 0 Å². The molecular formula is C8H15N3S. The van der Waals surface area contributed by atoms with Crippen LogP contribution in [0.3, 0.4) is 0 Å². The van der Waals surface area contributed by atoms with E-state index in [9.17, 15) is 0 Å². The number of rotatable bonds is 0. The molecule has 2 aliphatic rings. The van der Waals surface area contributed by atoms with E-state index in [1.54, 1.807) is 0 Å². The molecular weight excluding hydrogens is 170 g/mol. The van der Waals surface area contributed by atoms with Crippen molar-refractivity contribution >= 4 is 17.7 Å². The minimum atomic E-state index is 0.271. The minimum Gasteiger partial charge on any atom is -0.370 e. The molecule has 1 unspecified atom stereocenters. The normalized spacial score (nSPS) is 35.8. The van der Waals surface area contributed by atoms with Crippen LogP contribution in [0.5, 0.6) is 0 Å². The number of nitrogens with two attached hydrogens (primary N) is 1. The van der Waals surface area contributed by atoms with Crippen LogP contribution in [0.15, 0.2) is 4.99 Å². The molecule has 0 amide bonds. The van der Waals surface area contributed by atoms with Crippen molar-refractivity contribution in [3.05, 3.63) is 0 Å². The van der Waals surface area contributed by atoms with Crippen LogP contribution in [0.25, 0.3) is 0 Å². The molecule has 2 rings (SSSR count). The summed E-state index contributed by atoms with van der Waals surface area (Å²) in [5, 5.41) is 0. The van der Waals surface area contributed by atoms with Gasteiger partial charge in [-0.2, -0.15) is 11.8 Å². The molecule has 0 aromatic heterocycles. The van der Waals surface area contributed by atoms with E-state index < -0.39 is 0 Å². The van der Waals surface area contributed by atoms with E-state index in [0.29, 0.717) is 0 Å². The number of nitrogens with zero attached hydrogens (tertiary/aromatic N) is 2. The highest BCUT2D eigenvalue weighted by Gasteiger charge is 2.40. The Balaban J connectivity index is 2.12. The zero-order valence-corrected chi connectivity index (χ0v) is 8.23. The maximum atomic E-state index is 5.75. The van der Waals surface area contributed by atoms with Crippen molar-refractivity contribution in [3.63, 3.8) is 0 Å². The first-order chi connectivity index (χ1) is 5.75. The van der Waals surface area contributed by atoms with Gasteiger partial charge in [0.1, 0.15) is 0 Å². The lowest BCUT2D eigenvalue weighted by Crippen LogP contribution is -2.52. The van der Waals surface area contributed by atoms with Gasteiger partial charge in [0.25, 0.3) is 0 Å². The van der Waals surface area contributed by atoms with Crippen molar-refractivity contribution in [3.8, 4) is 0 Å². The maximum absolute atomic E-state index is 5.75. The molecule has 1 atom stereocenters. The minimum absolute atomic E-state index is 0.271. The van der Waals surface area contributed by atoms with E-state index in [0.717, 1.165) is 12.5 Å². The predicted molar refractivity (Wildman–Crippen MR) is 53.5 cm³/mol. The van der Waals surface area contributed by atoms with Crippen LogP contribution in [0.1, 0.15) is 12.8 Å². The molecule has 0 aromatic carbocycles. The van der Waals surface area contributed by atoms with Crippen molar-refractivity contribution in [1.82, 2.24) is 4.90 Å². The first kappa shape index (κ1) is 8.23. The van der Waals surface area contributed by atoms with E-state index in [1.807, 2.05) is 11.8 Å². The lowest BCUT2D eigenvalue weighted by Gasteiger charge is -2.39. The topological polar surface area (TPSA) is 41.6 Å². The SMILES string of the molecule is CN1C(N)=NCC12CCCSC2. The lowest BCUT2D eigenvalue weighted by molar-refractivity contribution is 0.244. The number of likely N-dealkylation sites (N-methyl/N-ethyl adjacent to an activating group) is 1. The molecule has 0 saturated carbocycles. The van der Waals surface area contributed by atoms with Crippen molar-refractivity contribution in [2.24, 2.45) is 10.7 Å². The van der Waals surface area contributed by atoms with Gasteiger partial charge in [-0.25, -0.2) is 0 Å². The second-order valence-corrected chi connectivity index (χ2v) is 4.72. The Morgan fingerprint density at radius 1 is 1.67 bits per heavy atom. The zero-order chi connectivity index (χ0) is 8.60. The Hall–Kier alpha value is -0.380. The van der Waals surface area contributed by atoms with E-state index >= 15 is 0 Å². The number of thioether (sulfide) groups is 1. The second-order valence-electron chi connectivity index (χ2n) is 3.61. The van der Waals surface area contributed by atoms with Crippen LogP contribution in [0, 0.1) is 0 Å². The third-order valence-corrected chi connectivity index (χ3v) is 4.21. The van der Waals surface area contributed by atoms with Crippen LogP contribution in [0.4, 0.5) is 0 Å². The molecule has 1 spiro atoms. The zero-order valence-electron chi connectivity index (χ0n) is 7.42. The van der Waals surface area contributed by atoms with Gasteiger partial charge in [0, 0.05) is 12.8 Å². The summed E-state index contributed by atoms with van der Waals surface area (Å²) in [6.45, 7) is 0.905. The Kier molecular flexibility index (Phi) is 1.94. The van der Waals surface area contributed by atoms with Crippen LogP contribution < -0.4 is 5.73 Å². The largest absolute Gasteiger partial charge is 0.370 e. The molecule has 0 bridgehead atoms. The van der Waals surface area contributed by atoms with Gasteiger partial charge in [-0.15, -0.1) is 0 Å². The van der Waals surface area contributed by atoms with Gasteiger partial charge >= 0.3 is 0 Å². The first-order valence-corrected chi connectivity index (χ1v) is 5.52. The summed E-state index contributed by atoms with van der Waals surface area (Å²) in [4.78, 5) is 6.47. The van der Waals surface area contributed by atoms with Crippen molar-refractivity contribution in [2.75, 3.05) is 25.1 Å². The highest BCUT2D eigenvalue weighted by molar-refractivity contribution is 7.99. The maximum Gasteiger partial charge on any atom is 0.191 e. The standard InChI is InChI=1S/C8H15N3S/c1-11-7(9)10-5-8(11)3-2-4-12-6-8/h2-6H2,1H3,(H2,9,10). The third kappa shape index (κ3) is 1.09. The molecule has 0 aliphatic carbocycles. The Morgan fingerprint density at radius 2 is 2.50 bits per heavy atom. The third-order valence-electron chi connectivity index (χ3n) is 2.89. The summed E-state index contributed by atoms with van der Waals surface area (Å²) in [6.07, 6.45) is 2.55. The quantitative estimate of drug-likeness (QED) is 0.598. The van der Waals surface area contributed by atoms with Crippen molar-refractivity contribution in [2.45, 2.75) is 18.4 Å². The van der Waals surface area contributed by atoms with Crippen molar-refractivity contribution < 1.29 is 0 Å². The molecule has 68 valence electrons. The number of hydrogen-bond acceptors (Lipinski definition) is 4. The second kappa shape index (κ2) is 2.83. The molecule has 4 heteroatoms. The average Bonchev–Trinajstić information content (AvgIpc) is 2.37. The Morgan fingerprint density at radius 3 is 3.00 bits per heavy atom. The summed E-state index contributed by atoms with van der Waals surface area (Å²) in [6, 6.07) is 0. The Bertz CT molecular complexity index is 208. The highest BCUT2D eigenvalue weighted by Crippen LogP contribution is 2.34. The molecule has 2 heterocycles. The van der Waals surface area contributed by atoms with Crippen LogP contribution >= 0.6 is 11.8 Å². The average molecular weight is 185 g/mol. The number of aliphatic imine (C=N–C) groups is 1. The van der Waals surface area contributed by atoms with Gasteiger partial charge in [0.05, 0.1) is 12.1 Å². The summed E-state index contributed by atoms with van der Waals surface area (Å²) >= 11 is 2.03. The Labute approximate surface area is 77.4 Å². The molecule has 12 heavy (non-hydrogen) atoms. The van der Waals surface area contributed by atoms with Crippen LogP contribution in [-0.4, -0.2) is 41.5 Å². The fourth-order valence-electron chi connectivity index (χ4n) is 1.91. The summed E-state index contributed by atoms with van der Waals surface area (Å²) in [5.74, 6) is 3.21. The summed E-state index contributed by atoms with van der Waals surface area (Å²) in [5.41, 5.74) is 6.02. The molecule has 0 aromatic rings. The molecule has 1 fully saturated rings. The van der Waals surface area contributed by atoms with Crippen molar-refractivity contribution in [1.29, 1.82) is 0 Å². The molecule has 0 radical (unpaired) electrons. The first-order valence-electron chi connectivity index (χ1n) is 4.36. The van der Waals surface area contributed by atoms with E-state index in [-0.39, 0.29) is 5.54 Å². The van der Waals surface area contributed by atoms with E-state index in [1.165, 1.54) is 24.3 Å². The number of guanidine groups is 1. The van der Waals surface area contributed by atoms with Gasteiger partial charge < -0.3 is 10.6 Å². The van der Waals surface area contributed by atoms with Gasteiger partial charge in [-0.3, -0.25) is 4.99 Å². The van der Waals surface area contributed by atoms with Crippen LogP contribution in [0.2, 0.25) is 0 Å². The monoisotopic (exact) mass is 185 g/mol. The summed E-state index contributed by atoms with van der Waals surface area (Å²) in [7, 11) is 2.07. The number of hydrogen-bond donors (Lipinski definition) is 1. The molecule has 2 N–H and O–H groups in total. The predicted octanol–water partition coefficient (Wildman–Crippen LogP) is 0.512. The molecule has 2 aliphatic heterocycles. The van der Waals surface area contributed by atoms with Crippen LogP contribution in [-0.2, 0) is 0 Å². The summed E-state index contributed by atoms with van der Waals surface area (Å²) < 4.78 is 0. The van der Waals surface area contributed by atoms with Gasteiger partial charge in [-0.05, 0) is 18.6 Å². The molecule has 3 nitrogen and oxygen atoms in total. The highest BCUT2D eigenvalue weighted by atomic mass is 32.2. The van der Waals surface area contributed by atoms with E-state index in [2.05, 4.69) is 16.9 Å². The van der Waals surface area contributed by atoms with E-state index in [4.69, 9.17) is 5.73 Å². The lowest BCUT2D eigenvalue weighted by atomic mass is 9.95. The smallest absolute Gasteiger partial charge is 0.191 e. The fraction of sp³-hybridized carbons (Fsp3) is 0.875. The fourth-order valence-corrected chi connectivity index (χ4v) is 3.21.